The van der Waals surface area contributed by atoms with E-state index in [1.54, 1.807) is 0 Å². The summed E-state index contributed by atoms with van der Waals surface area (Å²) < 4.78 is 5.69. The van der Waals surface area contributed by atoms with Gasteiger partial charge in [0.05, 0.1) is 25.8 Å². The lowest BCUT2D eigenvalue weighted by Crippen LogP contribution is -2.47. The Morgan fingerprint density at radius 1 is 1.20 bits per heavy atom. The first-order valence-corrected chi connectivity index (χ1v) is 8.95. The van der Waals surface area contributed by atoms with Crippen molar-refractivity contribution in [2.75, 3.05) is 39.4 Å². The number of fused-ring (bicyclic) bond motifs is 3. The van der Waals surface area contributed by atoms with Gasteiger partial charge in [-0.25, -0.2) is 0 Å². The third-order valence-electron chi connectivity index (χ3n) is 4.79. The van der Waals surface area contributed by atoms with Crippen LogP contribution in [-0.4, -0.2) is 72.2 Å². The smallest absolute Gasteiger partial charge is 0.317 e. The molecule has 0 spiro atoms. The molecule has 25 heavy (non-hydrogen) atoms. The van der Waals surface area contributed by atoms with Gasteiger partial charge in [-0.05, 0) is 18.1 Å². The van der Waals surface area contributed by atoms with E-state index in [4.69, 9.17) is 21.4 Å². The summed E-state index contributed by atoms with van der Waals surface area (Å²) >= 11 is 6.17. The van der Waals surface area contributed by atoms with Gasteiger partial charge in [-0.2, -0.15) is 0 Å². The first-order chi connectivity index (χ1) is 12.0. The van der Waals surface area contributed by atoms with E-state index in [-0.39, 0.29) is 24.4 Å². The first-order valence-electron chi connectivity index (χ1n) is 8.57. The van der Waals surface area contributed by atoms with Crippen LogP contribution in [0.25, 0.3) is 0 Å². The lowest BCUT2D eigenvalue weighted by Gasteiger charge is -2.30. The first kappa shape index (κ1) is 18.2. The van der Waals surface area contributed by atoms with Gasteiger partial charge in [-0.1, -0.05) is 29.8 Å². The number of carboxylic acids is 1. The van der Waals surface area contributed by atoms with Crippen LogP contribution < -0.4 is 0 Å². The van der Waals surface area contributed by atoms with Gasteiger partial charge in [0.25, 0.3) is 0 Å². The summed E-state index contributed by atoms with van der Waals surface area (Å²) in [7, 11) is 0. The van der Waals surface area contributed by atoms with Crippen LogP contribution in [0.5, 0.6) is 0 Å². The van der Waals surface area contributed by atoms with Crippen LogP contribution in [0.1, 0.15) is 12.0 Å². The fraction of sp³-hybridized carbons (Fsp3) is 0.556. The van der Waals surface area contributed by atoms with Crippen LogP contribution in [0.3, 0.4) is 0 Å². The molecule has 0 saturated carbocycles. The van der Waals surface area contributed by atoms with Crippen LogP contribution in [0.2, 0.25) is 5.02 Å². The summed E-state index contributed by atoms with van der Waals surface area (Å²) in [5, 5.41) is 9.75. The Morgan fingerprint density at radius 2 is 2.00 bits per heavy atom. The second kappa shape index (κ2) is 8.17. The van der Waals surface area contributed by atoms with Crippen LogP contribution in [-0.2, 0) is 20.7 Å². The zero-order valence-electron chi connectivity index (χ0n) is 14.1. The molecule has 2 saturated heterocycles. The molecule has 1 aromatic rings. The maximum Gasteiger partial charge on any atom is 0.317 e. The molecular formula is C18H23ClN2O4. The predicted octanol–water partition coefficient (Wildman–Crippen LogP) is 1.52. The minimum atomic E-state index is -0.836. The van der Waals surface area contributed by atoms with Crippen LogP contribution in [0.4, 0.5) is 0 Å². The van der Waals surface area contributed by atoms with Crippen LogP contribution in [0, 0.1) is 5.92 Å². The number of carbonyl (C=O) groups is 2. The third kappa shape index (κ3) is 4.71. The van der Waals surface area contributed by atoms with Gasteiger partial charge in [0, 0.05) is 37.0 Å². The summed E-state index contributed by atoms with van der Waals surface area (Å²) in [5.41, 5.74) is 0.971. The van der Waals surface area contributed by atoms with Crippen molar-refractivity contribution < 1.29 is 19.4 Å². The Morgan fingerprint density at radius 3 is 2.76 bits per heavy atom. The van der Waals surface area contributed by atoms with Gasteiger partial charge >= 0.3 is 5.97 Å². The standard InChI is InChI=1S/C18H23ClN2O4/c19-16-4-2-1-3-14(16)5-6-17(22)21-8-13-7-20(10-18(23)24)9-15(21)12-25-11-13/h1-4,13,15H,5-12H2,(H,23,24)/t13-,15-/m0/s1. The molecule has 1 N–H and O–H groups in total. The van der Waals surface area contributed by atoms with E-state index < -0.39 is 5.97 Å². The van der Waals surface area contributed by atoms with E-state index in [1.165, 1.54) is 0 Å². The third-order valence-corrected chi connectivity index (χ3v) is 5.16. The number of hydrogen-bond acceptors (Lipinski definition) is 4. The highest BCUT2D eigenvalue weighted by Gasteiger charge is 2.35. The molecule has 0 radical (unpaired) electrons. The number of carboxylic acid groups (broad SMARTS) is 1. The lowest BCUT2D eigenvalue weighted by atomic mass is 10.1. The molecule has 2 aliphatic rings. The van der Waals surface area contributed by atoms with E-state index in [9.17, 15) is 9.59 Å². The summed E-state index contributed by atoms with van der Waals surface area (Å²) in [5.74, 6) is -0.605. The molecule has 1 aromatic carbocycles. The number of benzene rings is 1. The molecule has 0 aliphatic carbocycles. The Bertz CT molecular complexity index is 639. The number of halogens is 1. The molecule has 136 valence electrons. The second-order valence-electron chi connectivity index (χ2n) is 6.78. The van der Waals surface area contributed by atoms with Crippen molar-refractivity contribution in [3.05, 3.63) is 34.9 Å². The van der Waals surface area contributed by atoms with Crippen molar-refractivity contribution in [3.8, 4) is 0 Å². The summed E-state index contributed by atoms with van der Waals surface area (Å²) in [6, 6.07) is 7.47. The van der Waals surface area contributed by atoms with Crippen molar-refractivity contribution in [2.24, 2.45) is 5.92 Å². The number of aliphatic carboxylic acids is 1. The van der Waals surface area contributed by atoms with Gasteiger partial charge < -0.3 is 14.7 Å². The number of amides is 1. The Balaban J connectivity index is 1.65. The lowest BCUT2D eigenvalue weighted by molar-refractivity contribution is -0.138. The highest BCUT2D eigenvalue weighted by molar-refractivity contribution is 6.31. The topological polar surface area (TPSA) is 70.1 Å². The fourth-order valence-electron chi connectivity index (χ4n) is 3.65. The molecule has 3 rings (SSSR count). The van der Waals surface area contributed by atoms with Crippen molar-refractivity contribution in [2.45, 2.75) is 18.9 Å². The zero-order valence-corrected chi connectivity index (χ0v) is 14.8. The minimum Gasteiger partial charge on any atom is -0.480 e. The molecule has 2 aliphatic heterocycles. The minimum absolute atomic E-state index is 0.00859. The van der Waals surface area contributed by atoms with E-state index in [0.717, 1.165) is 5.56 Å². The normalized spacial score (nSPS) is 24.0. The van der Waals surface area contributed by atoms with E-state index in [0.29, 0.717) is 50.7 Å². The highest BCUT2D eigenvalue weighted by Crippen LogP contribution is 2.22. The fourth-order valence-corrected chi connectivity index (χ4v) is 3.88. The molecule has 2 atom stereocenters. The second-order valence-corrected chi connectivity index (χ2v) is 7.19. The predicted molar refractivity (Wildman–Crippen MR) is 93.7 cm³/mol. The van der Waals surface area contributed by atoms with E-state index in [1.807, 2.05) is 34.1 Å². The maximum absolute atomic E-state index is 12.8. The zero-order chi connectivity index (χ0) is 17.8. The van der Waals surface area contributed by atoms with Crippen LogP contribution >= 0.6 is 11.6 Å². The molecule has 6 nitrogen and oxygen atoms in total. The summed E-state index contributed by atoms with van der Waals surface area (Å²) in [6.45, 7) is 2.86. The van der Waals surface area contributed by atoms with Gasteiger partial charge in [-0.15, -0.1) is 0 Å². The SMILES string of the molecule is O=C(O)CN1C[C@@H]2COC[C@H](C1)N(C(=O)CCc1ccccc1Cl)C2. The summed E-state index contributed by atoms with van der Waals surface area (Å²) in [6.07, 6.45) is 0.998. The average molecular weight is 367 g/mol. The number of rotatable bonds is 5. The van der Waals surface area contributed by atoms with Gasteiger partial charge in [0.15, 0.2) is 0 Å². The monoisotopic (exact) mass is 366 g/mol. The van der Waals surface area contributed by atoms with Gasteiger partial charge in [-0.3, -0.25) is 14.5 Å². The molecule has 2 bridgehead atoms. The average Bonchev–Trinajstić information content (AvgIpc) is 2.84. The molecule has 1 amide bonds. The Hall–Kier alpha value is -1.63. The number of carbonyl (C=O) groups excluding carboxylic acids is 1. The van der Waals surface area contributed by atoms with Gasteiger partial charge in [0.2, 0.25) is 5.91 Å². The van der Waals surface area contributed by atoms with Crippen molar-refractivity contribution in [1.29, 1.82) is 0 Å². The number of ether oxygens (including phenoxy) is 1. The molecular weight excluding hydrogens is 344 g/mol. The van der Waals surface area contributed by atoms with Crippen molar-refractivity contribution >= 4 is 23.5 Å². The Labute approximate surface area is 152 Å². The Kier molecular flexibility index (Phi) is 5.93. The van der Waals surface area contributed by atoms with E-state index >= 15 is 0 Å². The van der Waals surface area contributed by atoms with Crippen molar-refractivity contribution in [3.63, 3.8) is 0 Å². The maximum atomic E-state index is 12.8. The largest absolute Gasteiger partial charge is 0.480 e. The molecule has 0 aromatic heterocycles. The molecule has 7 heteroatoms. The molecule has 2 fully saturated rings. The number of hydrogen-bond donors (Lipinski definition) is 1. The molecule has 0 unspecified atom stereocenters. The van der Waals surface area contributed by atoms with E-state index in [2.05, 4.69) is 0 Å². The number of nitrogens with zero attached hydrogens (tertiary/aromatic N) is 2. The quantitative estimate of drug-likeness (QED) is 0.855. The highest BCUT2D eigenvalue weighted by atomic mass is 35.5. The van der Waals surface area contributed by atoms with Crippen LogP contribution in [0.15, 0.2) is 24.3 Å². The molecule has 2 heterocycles. The van der Waals surface area contributed by atoms with Gasteiger partial charge in [0.1, 0.15) is 0 Å². The summed E-state index contributed by atoms with van der Waals surface area (Å²) in [4.78, 5) is 27.6. The van der Waals surface area contributed by atoms with Crippen molar-refractivity contribution in [1.82, 2.24) is 9.80 Å². The number of aryl methyl sites for hydroxylation is 1.